The molecule has 0 fully saturated rings. The highest BCUT2D eigenvalue weighted by Crippen LogP contribution is 2.26. The van der Waals surface area contributed by atoms with Crippen LogP contribution in [0, 0.1) is 5.82 Å². The maximum absolute atomic E-state index is 14.2. The molecule has 0 aliphatic carbocycles. The summed E-state index contributed by atoms with van der Waals surface area (Å²) >= 11 is 4.47. The number of halogens is 2. The van der Waals surface area contributed by atoms with Gasteiger partial charge in [0.15, 0.2) is 0 Å². The summed E-state index contributed by atoms with van der Waals surface area (Å²) in [4.78, 5) is 3.53. The van der Waals surface area contributed by atoms with E-state index in [0.717, 1.165) is 4.31 Å². The molecule has 114 valence electrons. The van der Waals surface area contributed by atoms with E-state index in [9.17, 15) is 12.8 Å². The van der Waals surface area contributed by atoms with E-state index in [1.165, 1.54) is 30.5 Å². The zero-order valence-corrected chi connectivity index (χ0v) is 14.2. The third-order valence-corrected chi connectivity index (χ3v) is 5.70. The van der Waals surface area contributed by atoms with Crippen LogP contribution < -0.4 is 0 Å². The smallest absolute Gasteiger partial charge is 0.246 e. The number of benzene rings is 1. The molecule has 1 aromatic carbocycles. The topological polar surface area (TPSA) is 70.5 Å². The average molecular weight is 395 g/mol. The van der Waals surface area contributed by atoms with Gasteiger partial charge in [-0.1, -0.05) is 15.9 Å². The third-order valence-electron chi connectivity index (χ3n) is 2.81. The van der Waals surface area contributed by atoms with Crippen molar-refractivity contribution in [2.45, 2.75) is 18.0 Å². The zero-order valence-electron chi connectivity index (χ0n) is 11.0. The molecule has 1 N–H and O–H groups in total. The molecule has 0 aliphatic heterocycles. The quantitative estimate of drug-likeness (QED) is 0.844. The van der Waals surface area contributed by atoms with Crippen molar-refractivity contribution in [1.29, 1.82) is 0 Å². The first-order chi connectivity index (χ1) is 9.86. The Morgan fingerprint density at radius 1 is 1.48 bits per heavy atom. The maximum Gasteiger partial charge on any atom is 0.246 e. The molecular formula is C12H12BrFN2O3S2. The second kappa shape index (κ2) is 6.49. The Balaban J connectivity index is 2.41. The minimum absolute atomic E-state index is 0.0479. The SMILES string of the molecule is CN(Cc1cscn1)S(=O)(=O)c1cc(Br)cc(CO)c1F. The van der Waals surface area contributed by atoms with Crippen molar-refractivity contribution in [3.8, 4) is 0 Å². The van der Waals surface area contributed by atoms with Gasteiger partial charge in [-0.2, -0.15) is 4.31 Å². The van der Waals surface area contributed by atoms with Crippen LogP contribution in [0.5, 0.6) is 0 Å². The first kappa shape index (κ1) is 16.5. The van der Waals surface area contributed by atoms with Crippen molar-refractivity contribution in [1.82, 2.24) is 9.29 Å². The monoisotopic (exact) mass is 394 g/mol. The predicted molar refractivity (Wildman–Crippen MR) is 80.8 cm³/mol. The molecule has 0 spiro atoms. The lowest BCUT2D eigenvalue weighted by Crippen LogP contribution is -2.27. The Kier molecular flexibility index (Phi) is 5.10. The van der Waals surface area contributed by atoms with Crippen LogP contribution in [0.1, 0.15) is 11.3 Å². The summed E-state index contributed by atoms with van der Waals surface area (Å²) in [6.45, 7) is -0.532. The highest BCUT2D eigenvalue weighted by Gasteiger charge is 2.27. The van der Waals surface area contributed by atoms with Crippen LogP contribution >= 0.6 is 27.3 Å². The Hall–Kier alpha value is -0.870. The zero-order chi connectivity index (χ0) is 15.6. The number of thiazole rings is 1. The lowest BCUT2D eigenvalue weighted by atomic mass is 10.2. The van der Waals surface area contributed by atoms with E-state index in [2.05, 4.69) is 20.9 Å². The van der Waals surface area contributed by atoms with Crippen molar-refractivity contribution >= 4 is 37.3 Å². The largest absolute Gasteiger partial charge is 0.392 e. The van der Waals surface area contributed by atoms with Crippen molar-refractivity contribution in [3.05, 3.63) is 44.6 Å². The van der Waals surface area contributed by atoms with E-state index < -0.39 is 27.3 Å². The average Bonchev–Trinajstić information content (AvgIpc) is 2.93. The van der Waals surface area contributed by atoms with Gasteiger partial charge in [0, 0.05) is 22.5 Å². The molecule has 2 aromatic rings. The normalized spacial score (nSPS) is 12.0. The molecule has 0 saturated heterocycles. The molecule has 5 nitrogen and oxygen atoms in total. The second-order valence-electron chi connectivity index (χ2n) is 4.28. The summed E-state index contributed by atoms with van der Waals surface area (Å²) in [7, 11) is -2.66. The van der Waals surface area contributed by atoms with Crippen molar-refractivity contribution in [3.63, 3.8) is 0 Å². The molecule has 1 aromatic heterocycles. The van der Waals surface area contributed by atoms with Gasteiger partial charge < -0.3 is 5.11 Å². The highest BCUT2D eigenvalue weighted by atomic mass is 79.9. The van der Waals surface area contributed by atoms with Gasteiger partial charge in [0.2, 0.25) is 10.0 Å². The van der Waals surface area contributed by atoms with Gasteiger partial charge in [-0.15, -0.1) is 11.3 Å². The van der Waals surface area contributed by atoms with Crippen LogP contribution in [0.25, 0.3) is 0 Å². The summed E-state index contributed by atoms with van der Waals surface area (Å²) in [6.07, 6.45) is 0. The summed E-state index contributed by atoms with van der Waals surface area (Å²) in [5.41, 5.74) is 2.10. The number of aliphatic hydroxyl groups excluding tert-OH is 1. The molecule has 0 bridgehead atoms. The molecule has 1 heterocycles. The van der Waals surface area contributed by atoms with E-state index >= 15 is 0 Å². The highest BCUT2D eigenvalue weighted by molar-refractivity contribution is 9.10. The predicted octanol–water partition coefficient (Wildman–Crippen LogP) is 2.36. The molecule has 21 heavy (non-hydrogen) atoms. The summed E-state index contributed by atoms with van der Waals surface area (Å²) in [5, 5.41) is 10.8. The minimum Gasteiger partial charge on any atom is -0.392 e. The van der Waals surface area contributed by atoms with Gasteiger partial charge >= 0.3 is 0 Å². The van der Waals surface area contributed by atoms with Gasteiger partial charge in [0.25, 0.3) is 0 Å². The fourth-order valence-electron chi connectivity index (χ4n) is 1.72. The second-order valence-corrected chi connectivity index (χ2v) is 7.92. The number of rotatable bonds is 5. The van der Waals surface area contributed by atoms with Crippen LogP contribution in [-0.4, -0.2) is 29.9 Å². The Labute approximate surface area is 134 Å². The van der Waals surface area contributed by atoms with E-state index in [0.29, 0.717) is 10.2 Å². The molecule has 9 heteroatoms. The number of aliphatic hydroxyl groups is 1. The van der Waals surface area contributed by atoms with E-state index in [-0.39, 0.29) is 12.1 Å². The molecule has 0 amide bonds. The fourth-order valence-corrected chi connectivity index (χ4v) is 4.20. The lowest BCUT2D eigenvalue weighted by molar-refractivity contribution is 0.274. The standard InChI is InChI=1S/C12H12BrFN2O3S2/c1-16(4-10-6-20-7-15-10)21(18,19)11-3-9(13)2-8(5-17)12(11)14/h2-3,6-7,17H,4-5H2,1H3. The number of hydrogen-bond acceptors (Lipinski definition) is 5. The molecule has 2 rings (SSSR count). The van der Waals surface area contributed by atoms with E-state index in [1.807, 2.05) is 0 Å². The lowest BCUT2D eigenvalue weighted by Gasteiger charge is -2.17. The van der Waals surface area contributed by atoms with E-state index in [1.54, 1.807) is 10.9 Å². The molecule has 0 unspecified atom stereocenters. The van der Waals surface area contributed by atoms with Crippen molar-refractivity contribution in [2.24, 2.45) is 0 Å². The first-order valence-corrected chi connectivity index (χ1v) is 8.96. The van der Waals surface area contributed by atoms with Gasteiger partial charge in [-0.05, 0) is 12.1 Å². The van der Waals surface area contributed by atoms with Crippen LogP contribution in [0.15, 0.2) is 32.4 Å². The van der Waals surface area contributed by atoms with E-state index in [4.69, 9.17) is 5.11 Å². The van der Waals surface area contributed by atoms with Crippen molar-refractivity contribution in [2.75, 3.05) is 7.05 Å². The number of hydrogen-bond donors (Lipinski definition) is 1. The van der Waals surface area contributed by atoms with Crippen LogP contribution in [0.3, 0.4) is 0 Å². The number of aromatic nitrogens is 1. The van der Waals surface area contributed by atoms with Crippen LogP contribution in [-0.2, 0) is 23.2 Å². The van der Waals surface area contributed by atoms with Gasteiger partial charge in [0.1, 0.15) is 10.7 Å². The maximum atomic E-state index is 14.2. The fraction of sp³-hybridized carbons (Fsp3) is 0.250. The molecule has 0 saturated carbocycles. The molecular weight excluding hydrogens is 383 g/mol. The number of sulfonamides is 1. The number of nitrogens with zero attached hydrogens (tertiary/aromatic N) is 2. The summed E-state index contributed by atoms with van der Waals surface area (Å²) in [5.74, 6) is -0.939. The Morgan fingerprint density at radius 3 is 2.76 bits per heavy atom. The Morgan fingerprint density at radius 2 is 2.19 bits per heavy atom. The molecule has 0 atom stereocenters. The summed E-state index contributed by atoms with van der Waals surface area (Å²) < 4.78 is 40.5. The minimum atomic E-state index is -4.02. The van der Waals surface area contributed by atoms with Crippen LogP contribution in [0.4, 0.5) is 4.39 Å². The first-order valence-electron chi connectivity index (χ1n) is 5.78. The van der Waals surface area contributed by atoms with Gasteiger partial charge in [0.05, 0.1) is 24.4 Å². The van der Waals surface area contributed by atoms with Crippen molar-refractivity contribution < 1.29 is 17.9 Å². The van der Waals surface area contributed by atoms with Gasteiger partial charge in [-0.3, -0.25) is 0 Å². The third kappa shape index (κ3) is 3.49. The van der Waals surface area contributed by atoms with Crippen LogP contribution in [0.2, 0.25) is 0 Å². The van der Waals surface area contributed by atoms with Gasteiger partial charge in [-0.25, -0.2) is 17.8 Å². The Bertz CT molecular complexity index is 735. The summed E-state index contributed by atoms with van der Waals surface area (Å²) in [6, 6.07) is 2.52. The molecule has 0 radical (unpaired) electrons. The molecule has 0 aliphatic rings.